The SMILES string of the molecule is CC(=O)c1cccc(-c2nc(Sc3csc(Br)c3)cnc2N2CC=CCC2)c1. The molecule has 3 aromatic rings. The Balaban J connectivity index is 1.77. The molecule has 0 fully saturated rings. The van der Waals surface area contributed by atoms with E-state index < -0.39 is 0 Å². The highest BCUT2D eigenvalue weighted by molar-refractivity contribution is 9.11. The van der Waals surface area contributed by atoms with Crippen molar-refractivity contribution in [1.29, 1.82) is 0 Å². The molecule has 1 aliphatic heterocycles. The van der Waals surface area contributed by atoms with Crippen LogP contribution in [-0.4, -0.2) is 28.8 Å². The van der Waals surface area contributed by atoms with E-state index in [0.29, 0.717) is 5.56 Å². The molecule has 0 bridgehead atoms. The van der Waals surface area contributed by atoms with Gasteiger partial charge < -0.3 is 4.90 Å². The average Bonchev–Trinajstić information content (AvgIpc) is 3.13. The number of ketones is 1. The van der Waals surface area contributed by atoms with Crippen LogP contribution in [0.15, 0.2) is 67.8 Å². The first-order chi connectivity index (χ1) is 13.6. The van der Waals surface area contributed by atoms with E-state index in [1.807, 2.05) is 30.5 Å². The Morgan fingerprint density at radius 1 is 1.29 bits per heavy atom. The maximum absolute atomic E-state index is 11.9. The molecule has 0 saturated heterocycles. The molecule has 7 heteroatoms. The molecule has 142 valence electrons. The van der Waals surface area contributed by atoms with Gasteiger partial charge in [0.15, 0.2) is 11.6 Å². The summed E-state index contributed by atoms with van der Waals surface area (Å²) in [6, 6.07) is 9.73. The smallest absolute Gasteiger partial charge is 0.159 e. The summed E-state index contributed by atoms with van der Waals surface area (Å²) >= 11 is 6.75. The molecule has 2 aromatic heterocycles. The lowest BCUT2D eigenvalue weighted by molar-refractivity contribution is 0.101. The quantitative estimate of drug-likeness (QED) is 0.332. The number of hydrogen-bond donors (Lipinski definition) is 0. The van der Waals surface area contributed by atoms with Gasteiger partial charge in [-0.15, -0.1) is 11.3 Å². The van der Waals surface area contributed by atoms with Crippen molar-refractivity contribution in [3.05, 3.63) is 63.4 Å². The molecule has 28 heavy (non-hydrogen) atoms. The fourth-order valence-electron chi connectivity index (χ4n) is 3.03. The number of carbonyl (C=O) groups is 1. The molecule has 4 rings (SSSR count). The number of halogens is 1. The molecule has 1 aliphatic rings. The van der Waals surface area contributed by atoms with E-state index in [0.717, 1.165) is 50.3 Å². The van der Waals surface area contributed by atoms with E-state index in [1.54, 1.807) is 30.0 Å². The maximum atomic E-state index is 11.9. The Bertz CT molecular complexity index is 1050. The molecule has 0 spiro atoms. The van der Waals surface area contributed by atoms with Crippen LogP contribution >= 0.6 is 39.0 Å². The monoisotopic (exact) mass is 471 g/mol. The van der Waals surface area contributed by atoms with E-state index in [1.165, 1.54) is 0 Å². The number of rotatable bonds is 5. The van der Waals surface area contributed by atoms with Crippen molar-refractivity contribution in [3.63, 3.8) is 0 Å². The first-order valence-corrected chi connectivity index (χ1v) is 11.4. The lowest BCUT2D eigenvalue weighted by Crippen LogP contribution is -2.28. The fourth-order valence-corrected chi connectivity index (χ4v) is 5.27. The van der Waals surface area contributed by atoms with Gasteiger partial charge in [0.1, 0.15) is 10.7 Å². The number of Topliss-reactive ketones (excluding diaryl/α,β-unsaturated/α-hetero) is 1. The first-order valence-electron chi connectivity index (χ1n) is 8.90. The summed E-state index contributed by atoms with van der Waals surface area (Å²) < 4.78 is 1.09. The molecule has 3 heterocycles. The maximum Gasteiger partial charge on any atom is 0.159 e. The van der Waals surface area contributed by atoms with Gasteiger partial charge in [-0.25, -0.2) is 9.97 Å². The summed E-state index contributed by atoms with van der Waals surface area (Å²) in [6.07, 6.45) is 7.18. The lowest BCUT2D eigenvalue weighted by Gasteiger charge is -2.26. The van der Waals surface area contributed by atoms with Crippen molar-refractivity contribution in [2.24, 2.45) is 0 Å². The van der Waals surface area contributed by atoms with Crippen LogP contribution in [0.5, 0.6) is 0 Å². The van der Waals surface area contributed by atoms with Crippen molar-refractivity contribution in [2.75, 3.05) is 18.0 Å². The number of nitrogens with zero attached hydrogens (tertiary/aromatic N) is 3. The van der Waals surface area contributed by atoms with Crippen LogP contribution in [0, 0.1) is 0 Å². The minimum absolute atomic E-state index is 0.0471. The predicted octanol–water partition coefficient (Wildman–Crippen LogP) is 6.09. The number of thiophene rings is 1. The molecule has 1 aromatic carbocycles. The molecule has 4 nitrogen and oxygen atoms in total. The molecule has 0 atom stereocenters. The van der Waals surface area contributed by atoms with Crippen LogP contribution in [0.25, 0.3) is 11.3 Å². The highest BCUT2D eigenvalue weighted by atomic mass is 79.9. The normalized spacial score (nSPS) is 13.7. The number of aromatic nitrogens is 2. The third-order valence-corrected chi connectivity index (χ3v) is 6.93. The molecule has 0 aliphatic carbocycles. The third-order valence-electron chi connectivity index (χ3n) is 4.40. The molecule has 0 unspecified atom stereocenters. The van der Waals surface area contributed by atoms with E-state index in [-0.39, 0.29) is 5.78 Å². The number of hydrogen-bond acceptors (Lipinski definition) is 6. The van der Waals surface area contributed by atoms with Gasteiger partial charge in [0, 0.05) is 34.5 Å². The molecule has 0 amide bonds. The van der Waals surface area contributed by atoms with Crippen LogP contribution in [0.3, 0.4) is 0 Å². The Morgan fingerprint density at radius 2 is 2.18 bits per heavy atom. The summed E-state index contributed by atoms with van der Waals surface area (Å²) in [4.78, 5) is 24.9. The summed E-state index contributed by atoms with van der Waals surface area (Å²) in [7, 11) is 0. The average molecular weight is 472 g/mol. The zero-order valence-corrected chi connectivity index (χ0v) is 18.5. The zero-order chi connectivity index (χ0) is 19.5. The summed E-state index contributed by atoms with van der Waals surface area (Å²) in [5, 5.41) is 2.93. The van der Waals surface area contributed by atoms with Crippen LogP contribution in [0.4, 0.5) is 5.82 Å². The summed E-state index contributed by atoms with van der Waals surface area (Å²) in [6.45, 7) is 3.31. The minimum atomic E-state index is 0.0471. The fraction of sp³-hybridized carbons (Fsp3) is 0.190. The second-order valence-electron chi connectivity index (χ2n) is 6.41. The van der Waals surface area contributed by atoms with Crippen molar-refractivity contribution in [2.45, 2.75) is 23.3 Å². The van der Waals surface area contributed by atoms with Crippen LogP contribution in [-0.2, 0) is 0 Å². The zero-order valence-electron chi connectivity index (χ0n) is 15.3. The first kappa shape index (κ1) is 19.4. The van der Waals surface area contributed by atoms with Crippen molar-refractivity contribution in [1.82, 2.24) is 9.97 Å². The summed E-state index contributed by atoms with van der Waals surface area (Å²) in [5.41, 5.74) is 2.42. The Hall–Kier alpha value is -1.96. The molecular formula is C21H18BrN3OS2. The van der Waals surface area contributed by atoms with E-state index >= 15 is 0 Å². The molecular weight excluding hydrogens is 454 g/mol. The topological polar surface area (TPSA) is 46.1 Å². The molecule has 0 N–H and O–H groups in total. The summed E-state index contributed by atoms with van der Waals surface area (Å²) in [5.74, 6) is 0.909. The van der Waals surface area contributed by atoms with E-state index in [4.69, 9.17) is 9.97 Å². The van der Waals surface area contributed by atoms with Gasteiger partial charge in [-0.2, -0.15) is 0 Å². The second-order valence-corrected chi connectivity index (χ2v) is 9.80. The minimum Gasteiger partial charge on any atom is -0.351 e. The second kappa shape index (κ2) is 8.59. The lowest BCUT2D eigenvalue weighted by atomic mass is 10.0. The van der Waals surface area contributed by atoms with Crippen molar-refractivity contribution >= 4 is 50.6 Å². The highest BCUT2D eigenvalue weighted by Crippen LogP contribution is 2.36. The third kappa shape index (κ3) is 4.37. The molecule has 0 saturated carbocycles. The van der Waals surface area contributed by atoms with E-state index in [2.05, 4.69) is 44.4 Å². The van der Waals surface area contributed by atoms with Crippen LogP contribution < -0.4 is 4.90 Å². The Morgan fingerprint density at radius 3 is 2.89 bits per heavy atom. The van der Waals surface area contributed by atoms with Gasteiger partial charge in [-0.05, 0) is 41.4 Å². The molecule has 0 radical (unpaired) electrons. The number of anilines is 1. The largest absolute Gasteiger partial charge is 0.351 e. The Labute approximate surface area is 180 Å². The van der Waals surface area contributed by atoms with Gasteiger partial charge in [0.05, 0.1) is 9.98 Å². The van der Waals surface area contributed by atoms with Crippen LogP contribution in [0.2, 0.25) is 0 Å². The van der Waals surface area contributed by atoms with Gasteiger partial charge in [-0.1, -0.05) is 42.1 Å². The van der Waals surface area contributed by atoms with Crippen molar-refractivity contribution < 1.29 is 4.79 Å². The van der Waals surface area contributed by atoms with Crippen molar-refractivity contribution in [3.8, 4) is 11.3 Å². The standard InChI is InChI=1S/C21H18BrN3OS2/c1-14(26)15-6-5-7-16(10-15)20-21(25-8-3-2-4-9-25)23-12-19(24-20)28-17-11-18(22)27-13-17/h2-3,5-7,10-13H,4,8-9H2,1H3. The van der Waals surface area contributed by atoms with Gasteiger partial charge >= 0.3 is 0 Å². The van der Waals surface area contributed by atoms with Crippen LogP contribution in [0.1, 0.15) is 23.7 Å². The highest BCUT2D eigenvalue weighted by Gasteiger charge is 2.18. The predicted molar refractivity (Wildman–Crippen MR) is 120 cm³/mol. The van der Waals surface area contributed by atoms with Gasteiger partial charge in [-0.3, -0.25) is 4.79 Å². The van der Waals surface area contributed by atoms with E-state index in [9.17, 15) is 4.79 Å². The number of benzene rings is 1. The van der Waals surface area contributed by atoms with Gasteiger partial charge in [0.2, 0.25) is 0 Å². The van der Waals surface area contributed by atoms with Gasteiger partial charge in [0.25, 0.3) is 0 Å². The number of carbonyl (C=O) groups excluding carboxylic acids is 1. The Kier molecular flexibility index (Phi) is 5.94.